The van der Waals surface area contributed by atoms with Crippen LogP contribution in [0.2, 0.25) is 0 Å². The van der Waals surface area contributed by atoms with Crippen LogP contribution in [0.3, 0.4) is 0 Å². The van der Waals surface area contributed by atoms with E-state index in [1.54, 1.807) is 17.0 Å². The standard InChI is InChI=1S/C13H16BrFN2O/c1-16-5-2-6-17(8-7-16)13(18)11-9-10(14)3-4-12(11)15/h3-4,9H,2,5-8H2,1H3. The molecule has 1 saturated heterocycles. The first-order valence-electron chi connectivity index (χ1n) is 6.01. The van der Waals surface area contributed by atoms with Crippen LogP contribution in [0.15, 0.2) is 22.7 Å². The minimum Gasteiger partial charge on any atom is -0.337 e. The average Bonchev–Trinajstić information content (AvgIpc) is 2.56. The van der Waals surface area contributed by atoms with Gasteiger partial charge < -0.3 is 9.80 Å². The summed E-state index contributed by atoms with van der Waals surface area (Å²) < 4.78 is 14.4. The van der Waals surface area contributed by atoms with Gasteiger partial charge in [0, 0.05) is 24.1 Å². The third-order valence-corrected chi connectivity index (χ3v) is 3.66. The number of likely N-dealkylation sites (N-methyl/N-ethyl adjacent to an activating group) is 1. The number of halogens is 2. The smallest absolute Gasteiger partial charge is 0.256 e. The molecule has 0 aliphatic carbocycles. The zero-order valence-electron chi connectivity index (χ0n) is 10.3. The Morgan fingerprint density at radius 3 is 2.83 bits per heavy atom. The van der Waals surface area contributed by atoms with E-state index in [2.05, 4.69) is 20.8 Å². The van der Waals surface area contributed by atoms with Crippen LogP contribution in [0.1, 0.15) is 16.8 Å². The lowest BCUT2D eigenvalue weighted by Crippen LogP contribution is -2.35. The zero-order chi connectivity index (χ0) is 13.1. The second kappa shape index (κ2) is 5.80. The third-order valence-electron chi connectivity index (χ3n) is 3.17. The van der Waals surface area contributed by atoms with Crippen LogP contribution in [-0.2, 0) is 0 Å². The van der Waals surface area contributed by atoms with Gasteiger partial charge in [-0.1, -0.05) is 15.9 Å². The molecule has 0 saturated carbocycles. The van der Waals surface area contributed by atoms with E-state index in [4.69, 9.17) is 0 Å². The number of amides is 1. The highest BCUT2D eigenvalue weighted by Gasteiger charge is 2.21. The summed E-state index contributed by atoms with van der Waals surface area (Å²) in [5.41, 5.74) is 0.147. The van der Waals surface area contributed by atoms with Gasteiger partial charge in [-0.3, -0.25) is 4.79 Å². The molecule has 1 aromatic carbocycles. The largest absolute Gasteiger partial charge is 0.337 e. The normalized spacial score (nSPS) is 17.6. The average molecular weight is 315 g/mol. The molecule has 0 atom stereocenters. The highest BCUT2D eigenvalue weighted by molar-refractivity contribution is 9.10. The van der Waals surface area contributed by atoms with Crippen molar-refractivity contribution >= 4 is 21.8 Å². The maximum atomic E-state index is 13.7. The molecule has 1 aromatic rings. The molecule has 0 N–H and O–H groups in total. The SMILES string of the molecule is CN1CCCN(C(=O)c2cc(Br)ccc2F)CC1. The summed E-state index contributed by atoms with van der Waals surface area (Å²) >= 11 is 3.27. The lowest BCUT2D eigenvalue weighted by molar-refractivity contribution is 0.0758. The molecular weight excluding hydrogens is 299 g/mol. The monoisotopic (exact) mass is 314 g/mol. The quantitative estimate of drug-likeness (QED) is 0.794. The number of hydrogen-bond donors (Lipinski definition) is 0. The summed E-state index contributed by atoms with van der Waals surface area (Å²) in [7, 11) is 2.04. The van der Waals surface area contributed by atoms with Crippen LogP contribution in [0.25, 0.3) is 0 Å². The summed E-state index contributed by atoms with van der Waals surface area (Å²) in [6, 6.07) is 4.47. The molecule has 98 valence electrons. The molecule has 1 heterocycles. The number of hydrogen-bond acceptors (Lipinski definition) is 2. The molecule has 0 radical (unpaired) electrons. The molecule has 3 nitrogen and oxygen atoms in total. The fourth-order valence-electron chi connectivity index (χ4n) is 2.08. The summed E-state index contributed by atoms with van der Waals surface area (Å²) in [6.45, 7) is 3.16. The minimum absolute atomic E-state index is 0.147. The number of rotatable bonds is 1. The summed E-state index contributed by atoms with van der Waals surface area (Å²) in [4.78, 5) is 16.2. The fourth-order valence-corrected chi connectivity index (χ4v) is 2.44. The predicted octanol–water partition coefficient (Wildman–Crippen LogP) is 2.37. The third kappa shape index (κ3) is 3.09. The van der Waals surface area contributed by atoms with Crippen molar-refractivity contribution in [3.05, 3.63) is 34.1 Å². The number of nitrogens with zero attached hydrogens (tertiary/aromatic N) is 2. The Kier molecular flexibility index (Phi) is 4.35. The van der Waals surface area contributed by atoms with E-state index >= 15 is 0 Å². The topological polar surface area (TPSA) is 23.6 Å². The van der Waals surface area contributed by atoms with Crippen LogP contribution in [0.4, 0.5) is 4.39 Å². The Labute approximate surface area is 115 Å². The molecule has 5 heteroatoms. The second-order valence-electron chi connectivity index (χ2n) is 4.57. The maximum absolute atomic E-state index is 13.7. The van der Waals surface area contributed by atoms with Crippen LogP contribution in [0.5, 0.6) is 0 Å². The van der Waals surface area contributed by atoms with Gasteiger partial charge in [0.1, 0.15) is 5.82 Å². The number of carbonyl (C=O) groups excluding carboxylic acids is 1. The molecule has 1 fully saturated rings. The van der Waals surface area contributed by atoms with E-state index in [-0.39, 0.29) is 11.5 Å². The number of benzene rings is 1. The summed E-state index contributed by atoms with van der Waals surface area (Å²) in [6.07, 6.45) is 0.928. The van der Waals surface area contributed by atoms with Gasteiger partial charge in [0.05, 0.1) is 5.56 Å². The Balaban J connectivity index is 2.17. The molecule has 0 spiro atoms. The first kappa shape index (κ1) is 13.5. The Hall–Kier alpha value is -0.940. The molecule has 1 aliphatic rings. The van der Waals surface area contributed by atoms with Crippen LogP contribution in [-0.4, -0.2) is 48.9 Å². The van der Waals surface area contributed by atoms with Crippen LogP contribution in [0, 0.1) is 5.82 Å². The van der Waals surface area contributed by atoms with Gasteiger partial charge in [0.2, 0.25) is 0 Å². The van der Waals surface area contributed by atoms with Gasteiger partial charge in [-0.2, -0.15) is 0 Å². The van der Waals surface area contributed by atoms with Crippen LogP contribution >= 0.6 is 15.9 Å². The fraction of sp³-hybridized carbons (Fsp3) is 0.462. The highest BCUT2D eigenvalue weighted by atomic mass is 79.9. The number of carbonyl (C=O) groups is 1. The van der Waals surface area contributed by atoms with Crippen molar-refractivity contribution in [2.75, 3.05) is 33.2 Å². The summed E-state index contributed by atoms with van der Waals surface area (Å²) in [5, 5.41) is 0. The van der Waals surface area contributed by atoms with Gasteiger partial charge in [0.15, 0.2) is 0 Å². The summed E-state index contributed by atoms with van der Waals surface area (Å²) in [5.74, 6) is -0.676. The van der Waals surface area contributed by atoms with Crippen molar-refractivity contribution in [3.8, 4) is 0 Å². The van der Waals surface area contributed by atoms with Crippen LogP contribution < -0.4 is 0 Å². The first-order chi connectivity index (χ1) is 8.58. The molecule has 1 aliphatic heterocycles. The van der Waals surface area contributed by atoms with E-state index in [0.29, 0.717) is 13.1 Å². The zero-order valence-corrected chi connectivity index (χ0v) is 11.9. The predicted molar refractivity (Wildman–Crippen MR) is 72.1 cm³/mol. The van der Waals surface area contributed by atoms with Gasteiger partial charge in [-0.25, -0.2) is 4.39 Å². The Morgan fingerprint density at radius 1 is 1.28 bits per heavy atom. The van der Waals surface area contributed by atoms with Gasteiger partial charge in [0.25, 0.3) is 5.91 Å². The van der Waals surface area contributed by atoms with Crippen molar-refractivity contribution in [2.45, 2.75) is 6.42 Å². The van der Waals surface area contributed by atoms with E-state index in [0.717, 1.165) is 24.0 Å². The molecule has 0 unspecified atom stereocenters. The molecule has 0 bridgehead atoms. The van der Waals surface area contributed by atoms with Crippen molar-refractivity contribution in [2.24, 2.45) is 0 Å². The van der Waals surface area contributed by atoms with Crippen molar-refractivity contribution in [1.29, 1.82) is 0 Å². The van der Waals surface area contributed by atoms with E-state index < -0.39 is 5.82 Å². The van der Waals surface area contributed by atoms with Crippen molar-refractivity contribution < 1.29 is 9.18 Å². The molecule has 1 amide bonds. The van der Waals surface area contributed by atoms with Crippen molar-refractivity contribution in [1.82, 2.24) is 9.80 Å². The molecule has 0 aromatic heterocycles. The van der Waals surface area contributed by atoms with Gasteiger partial charge in [-0.05, 0) is 38.2 Å². The molecule has 18 heavy (non-hydrogen) atoms. The van der Waals surface area contributed by atoms with E-state index in [1.165, 1.54) is 6.07 Å². The second-order valence-corrected chi connectivity index (χ2v) is 5.49. The Morgan fingerprint density at radius 2 is 2.06 bits per heavy atom. The van der Waals surface area contributed by atoms with Gasteiger partial charge in [-0.15, -0.1) is 0 Å². The highest BCUT2D eigenvalue weighted by Crippen LogP contribution is 2.18. The minimum atomic E-state index is -0.458. The maximum Gasteiger partial charge on any atom is 0.256 e. The van der Waals surface area contributed by atoms with E-state index in [9.17, 15) is 9.18 Å². The first-order valence-corrected chi connectivity index (χ1v) is 6.80. The molecule has 2 rings (SSSR count). The van der Waals surface area contributed by atoms with Crippen molar-refractivity contribution in [3.63, 3.8) is 0 Å². The Bertz CT molecular complexity index is 453. The molecular formula is C13H16BrFN2O. The lowest BCUT2D eigenvalue weighted by atomic mass is 10.2. The lowest BCUT2D eigenvalue weighted by Gasteiger charge is -2.21. The van der Waals surface area contributed by atoms with Gasteiger partial charge >= 0.3 is 0 Å². The van der Waals surface area contributed by atoms with E-state index in [1.807, 2.05) is 7.05 Å².